The number of imidazole rings is 1. The van der Waals surface area contributed by atoms with Crippen LogP contribution in [0.3, 0.4) is 0 Å². The highest BCUT2D eigenvalue weighted by molar-refractivity contribution is 5.62. The van der Waals surface area contributed by atoms with Gasteiger partial charge in [0.2, 0.25) is 0 Å². The van der Waals surface area contributed by atoms with Crippen LogP contribution in [0.5, 0.6) is 0 Å². The lowest BCUT2D eigenvalue weighted by Crippen LogP contribution is -2.37. The van der Waals surface area contributed by atoms with E-state index >= 15 is 0 Å². The van der Waals surface area contributed by atoms with Crippen LogP contribution in [0.2, 0.25) is 0 Å². The molecule has 6 rings (SSSR count). The van der Waals surface area contributed by atoms with E-state index in [4.69, 9.17) is 10.1 Å². The predicted octanol–water partition coefficient (Wildman–Crippen LogP) is 5.05. The van der Waals surface area contributed by atoms with Crippen LogP contribution < -0.4 is 9.80 Å². The van der Waals surface area contributed by atoms with E-state index in [0.29, 0.717) is 0 Å². The first-order valence-electron chi connectivity index (χ1n) is 13.3. The molecule has 2 aliphatic heterocycles. The van der Waals surface area contributed by atoms with Crippen molar-refractivity contribution in [3.8, 4) is 11.4 Å². The zero-order valence-corrected chi connectivity index (χ0v) is 21.6. The van der Waals surface area contributed by atoms with Crippen LogP contribution in [-0.4, -0.2) is 64.8 Å². The van der Waals surface area contributed by atoms with Gasteiger partial charge >= 0.3 is 0 Å². The summed E-state index contributed by atoms with van der Waals surface area (Å²) in [6.45, 7) is 4.09. The zero-order chi connectivity index (χ0) is 25.4. The van der Waals surface area contributed by atoms with Crippen molar-refractivity contribution in [3.05, 3.63) is 72.2 Å². The van der Waals surface area contributed by atoms with Crippen molar-refractivity contribution >= 4 is 17.3 Å². The quantitative estimate of drug-likeness (QED) is 0.370. The molecule has 8 heteroatoms. The summed E-state index contributed by atoms with van der Waals surface area (Å²) in [6, 6.07) is 17.3. The van der Waals surface area contributed by atoms with Gasteiger partial charge in [-0.1, -0.05) is 18.2 Å². The topological polar surface area (TPSA) is 52.8 Å². The SMILES string of the molecule is CN(C)CC1CCN(c2cccc(-c3cnc4ccc(N5CCC[C@@H]5c5cccc(F)c5)nn34)n2)CC1. The van der Waals surface area contributed by atoms with Gasteiger partial charge in [-0.2, -0.15) is 0 Å². The highest BCUT2D eigenvalue weighted by atomic mass is 19.1. The highest BCUT2D eigenvalue weighted by Gasteiger charge is 2.28. The van der Waals surface area contributed by atoms with Gasteiger partial charge in [0.05, 0.1) is 17.9 Å². The molecule has 0 amide bonds. The van der Waals surface area contributed by atoms with Gasteiger partial charge in [0, 0.05) is 26.2 Å². The monoisotopic (exact) mass is 499 g/mol. The zero-order valence-electron chi connectivity index (χ0n) is 21.6. The summed E-state index contributed by atoms with van der Waals surface area (Å²) in [6.07, 6.45) is 6.26. The van der Waals surface area contributed by atoms with Crippen molar-refractivity contribution in [1.29, 1.82) is 0 Å². The van der Waals surface area contributed by atoms with E-state index in [0.717, 1.165) is 79.2 Å². The van der Waals surface area contributed by atoms with Crippen LogP contribution in [0, 0.1) is 11.7 Å². The minimum Gasteiger partial charge on any atom is -0.357 e. The Hall–Kier alpha value is -3.52. The molecular weight excluding hydrogens is 465 g/mol. The van der Waals surface area contributed by atoms with Gasteiger partial charge in [0.15, 0.2) is 5.65 Å². The van der Waals surface area contributed by atoms with Gasteiger partial charge in [0.25, 0.3) is 0 Å². The molecular formula is C29H34FN7. The van der Waals surface area contributed by atoms with Gasteiger partial charge in [-0.05, 0) is 87.7 Å². The summed E-state index contributed by atoms with van der Waals surface area (Å²) >= 11 is 0. The number of fused-ring (bicyclic) bond motifs is 1. The summed E-state index contributed by atoms with van der Waals surface area (Å²) in [5.41, 5.74) is 3.53. The average molecular weight is 500 g/mol. The number of piperidine rings is 1. The third kappa shape index (κ3) is 4.90. The Kier molecular flexibility index (Phi) is 6.50. The third-order valence-electron chi connectivity index (χ3n) is 7.69. The van der Waals surface area contributed by atoms with Gasteiger partial charge in [-0.25, -0.2) is 18.9 Å². The molecule has 3 aromatic heterocycles. The number of aromatic nitrogens is 4. The summed E-state index contributed by atoms with van der Waals surface area (Å²) in [4.78, 5) is 16.6. The Morgan fingerprint density at radius 2 is 1.78 bits per heavy atom. The maximum Gasteiger partial charge on any atom is 0.154 e. The molecule has 7 nitrogen and oxygen atoms in total. The number of hydrogen-bond acceptors (Lipinski definition) is 6. The molecule has 0 radical (unpaired) electrons. The molecule has 5 heterocycles. The van der Waals surface area contributed by atoms with E-state index in [1.807, 2.05) is 35.0 Å². The predicted molar refractivity (Wildman–Crippen MR) is 145 cm³/mol. The summed E-state index contributed by atoms with van der Waals surface area (Å²) in [7, 11) is 4.30. The van der Waals surface area contributed by atoms with Crippen LogP contribution in [-0.2, 0) is 0 Å². The van der Waals surface area contributed by atoms with Crippen molar-refractivity contribution in [3.63, 3.8) is 0 Å². The molecule has 0 spiro atoms. The van der Waals surface area contributed by atoms with Crippen molar-refractivity contribution < 1.29 is 4.39 Å². The first-order chi connectivity index (χ1) is 18.0. The van der Waals surface area contributed by atoms with Crippen LogP contribution in [0.1, 0.15) is 37.3 Å². The second kappa shape index (κ2) is 10.1. The molecule has 2 aliphatic rings. The van der Waals surface area contributed by atoms with Crippen molar-refractivity contribution in [2.24, 2.45) is 5.92 Å². The largest absolute Gasteiger partial charge is 0.357 e. The summed E-state index contributed by atoms with van der Waals surface area (Å²) in [5.74, 6) is 2.44. The van der Waals surface area contributed by atoms with Gasteiger partial charge in [-0.3, -0.25) is 0 Å². The van der Waals surface area contributed by atoms with Crippen LogP contribution in [0.25, 0.3) is 17.0 Å². The Balaban J connectivity index is 1.27. The number of rotatable bonds is 6. The Morgan fingerprint density at radius 1 is 0.946 bits per heavy atom. The fourth-order valence-electron chi connectivity index (χ4n) is 5.90. The Morgan fingerprint density at radius 3 is 2.59 bits per heavy atom. The molecule has 0 aliphatic carbocycles. The standard InChI is InChI=1S/C29H34FN7/c1-34(2)20-21-13-16-35(17-14-21)28-10-4-8-24(32-28)26-19-31-27-11-12-29(33-37(26)27)36-15-5-9-25(36)22-6-3-7-23(30)18-22/h3-4,6-8,10-12,18-19,21,25H,5,9,13-17,20H2,1-2H3/t25-/m1/s1. The molecule has 2 fully saturated rings. The molecule has 0 saturated carbocycles. The first-order valence-corrected chi connectivity index (χ1v) is 13.3. The summed E-state index contributed by atoms with van der Waals surface area (Å²) < 4.78 is 15.8. The smallest absolute Gasteiger partial charge is 0.154 e. The van der Waals surface area contributed by atoms with E-state index in [2.05, 4.69) is 45.9 Å². The number of anilines is 2. The van der Waals surface area contributed by atoms with Gasteiger partial charge < -0.3 is 14.7 Å². The Bertz CT molecular complexity index is 1380. The lowest BCUT2D eigenvalue weighted by Gasteiger charge is -2.34. The minimum absolute atomic E-state index is 0.115. The van der Waals surface area contributed by atoms with Crippen molar-refractivity contribution in [1.82, 2.24) is 24.5 Å². The first kappa shape index (κ1) is 23.9. The molecule has 0 bridgehead atoms. The number of hydrogen-bond donors (Lipinski definition) is 0. The normalized spacial score (nSPS) is 18.9. The maximum atomic E-state index is 13.9. The second-order valence-electron chi connectivity index (χ2n) is 10.6. The molecule has 0 N–H and O–H groups in total. The van der Waals surface area contributed by atoms with Gasteiger partial charge in [0.1, 0.15) is 23.1 Å². The van der Waals surface area contributed by atoms with Crippen LogP contribution in [0.15, 0.2) is 60.8 Å². The van der Waals surface area contributed by atoms with E-state index in [-0.39, 0.29) is 11.9 Å². The average Bonchev–Trinajstić information content (AvgIpc) is 3.56. The van der Waals surface area contributed by atoms with Crippen LogP contribution in [0.4, 0.5) is 16.0 Å². The third-order valence-corrected chi connectivity index (χ3v) is 7.69. The molecule has 0 unspecified atom stereocenters. The van der Waals surface area contributed by atoms with E-state index in [1.54, 1.807) is 12.1 Å². The second-order valence-corrected chi connectivity index (χ2v) is 10.6. The number of pyridine rings is 1. The number of nitrogens with zero attached hydrogens (tertiary/aromatic N) is 7. The molecule has 2 saturated heterocycles. The van der Waals surface area contributed by atoms with Crippen LogP contribution >= 0.6 is 0 Å². The summed E-state index contributed by atoms with van der Waals surface area (Å²) in [5, 5.41) is 5.00. The fraction of sp³-hybridized carbons (Fsp3) is 0.414. The van der Waals surface area contributed by atoms with E-state index in [9.17, 15) is 4.39 Å². The van der Waals surface area contributed by atoms with Gasteiger partial charge in [-0.15, -0.1) is 5.10 Å². The molecule has 4 aromatic rings. The molecule has 1 aromatic carbocycles. The Labute approximate surface area is 217 Å². The molecule has 192 valence electrons. The minimum atomic E-state index is -0.197. The molecule has 37 heavy (non-hydrogen) atoms. The fourth-order valence-corrected chi connectivity index (χ4v) is 5.90. The number of halogens is 1. The van der Waals surface area contributed by atoms with E-state index in [1.165, 1.54) is 18.9 Å². The lowest BCUT2D eigenvalue weighted by atomic mass is 9.96. The van der Waals surface area contributed by atoms with E-state index < -0.39 is 0 Å². The molecule has 1 atom stereocenters. The van der Waals surface area contributed by atoms with Crippen molar-refractivity contribution in [2.45, 2.75) is 31.7 Å². The highest BCUT2D eigenvalue weighted by Crippen LogP contribution is 2.36. The number of benzene rings is 1. The van der Waals surface area contributed by atoms with Crippen molar-refractivity contribution in [2.75, 3.05) is 50.1 Å². The lowest BCUT2D eigenvalue weighted by molar-refractivity contribution is 0.284. The maximum absolute atomic E-state index is 13.9.